The first kappa shape index (κ1) is 20.3. The second-order valence-corrected chi connectivity index (χ2v) is 9.31. The Morgan fingerprint density at radius 2 is 1.91 bits per heavy atom. The Morgan fingerprint density at radius 3 is 2.76 bits per heavy atom. The smallest absolute Gasteiger partial charge is 0.231 e. The summed E-state index contributed by atoms with van der Waals surface area (Å²) in [5.41, 5.74) is 4.14. The predicted molar refractivity (Wildman–Crippen MR) is 128 cm³/mol. The lowest BCUT2D eigenvalue weighted by atomic mass is 9.95. The molecule has 1 N–H and O–H groups in total. The number of rotatable bonds is 5. The number of aromatic nitrogens is 2. The van der Waals surface area contributed by atoms with E-state index in [0.717, 1.165) is 60.1 Å². The van der Waals surface area contributed by atoms with Crippen LogP contribution in [0, 0.1) is 5.92 Å². The molecule has 0 unspecified atom stereocenters. The zero-order valence-electron chi connectivity index (χ0n) is 18.1. The number of piperidine rings is 1. The third-order valence-electron chi connectivity index (χ3n) is 6.38. The number of hydrogen-bond donors (Lipinski definition) is 1. The Bertz CT molecular complexity index is 1290. The Kier molecular flexibility index (Phi) is 5.24. The molecule has 4 aromatic rings. The van der Waals surface area contributed by atoms with Crippen molar-refractivity contribution in [1.29, 1.82) is 0 Å². The van der Waals surface area contributed by atoms with E-state index in [1.165, 1.54) is 5.69 Å². The average Bonchev–Trinajstić information content (AvgIpc) is 3.57. The van der Waals surface area contributed by atoms with E-state index in [1.807, 2.05) is 24.3 Å². The van der Waals surface area contributed by atoms with Crippen LogP contribution in [0.15, 0.2) is 60.1 Å². The standard InChI is InChI=1S/C25H24N4O3S/c30-24(26-19-6-7-21-22(14-19)32-16-31-21)18-8-10-28(11-9-18)15-20-23(17-4-2-1-3-5-17)27-25-29(20)12-13-33-25/h1-7,12-14,18H,8-11,15-16H2,(H,26,30). The highest BCUT2D eigenvalue weighted by Gasteiger charge is 2.27. The van der Waals surface area contributed by atoms with Gasteiger partial charge in [-0.25, -0.2) is 4.98 Å². The van der Waals surface area contributed by atoms with Crippen molar-refractivity contribution in [2.75, 3.05) is 25.2 Å². The highest BCUT2D eigenvalue weighted by molar-refractivity contribution is 7.15. The first-order valence-electron chi connectivity index (χ1n) is 11.2. The van der Waals surface area contributed by atoms with Gasteiger partial charge in [-0.2, -0.15) is 0 Å². The number of amides is 1. The van der Waals surface area contributed by atoms with Crippen molar-refractivity contribution >= 4 is 27.9 Å². The average molecular weight is 461 g/mol. The van der Waals surface area contributed by atoms with Crippen LogP contribution in [-0.2, 0) is 11.3 Å². The number of hydrogen-bond acceptors (Lipinski definition) is 6. The fraction of sp³-hybridized carbons (Fsp3) is 0.280. The third-order valence-corrected chi connectivity index (χ3v) is 7.14. The summed E-state index contributed by atoms with van der Waals surface area (Å²) < 4.78 is 13.0. The molecule has 33 heavy (non-hydrogen) atoms. The van der Waals surface area contributed by atoms with Crippen LogP contribution in [0.1, 0.15) is 18.5 Å². The van der Waals surface area contributed by atoms with Gasteiger partial charge in [-0.3, -0.25) is 14.1 Å². The van der Waals surface area contributed by atoms with E-state index in [9.17, 15) is 4.79 Å². The summed E-state index contributed by atoms with van der Waals surface area (Å²) in [5, 5.41) is 5.12. The number of likely N-dealkylation sites (tertiary alicyclic amines) is 1. The van der Waals surface area contributed by atoms with Gasteiger partial charge >= 0.3 is 0 Å². The van der Waals surface area contributed by atoms with E-state index in [-0.39, 0.29) is 18.6 Å². The number of thiazole rings is 1. The topological polar surface area (TPSA) is 68.1 Å². The molecule has 7 nitrogen and oxygen atoms in total. The quantitative estimate of drug-likeness (QED) is 0.470. The van der Waals surface area contributed by atoms with Gasteiger partial charge in [0.05, 0.1) is 11.4 Å². The van der Waals surface area contributed by atoms with Crippen LogP contribution in [0.25, 0.3) is 16.2 Å². The van der Waals surface area contributed by atoms with Gasteiger partial charge in [-0.05, 0) is 38.1 Å². The molecule has 0 saturated carbocycles. The Labute approximate surface area is 195 Å². The van der Waals surface area contributed by atoms with Crippen LogP contribution >= 0.6 is 11.3 Å². The predicted octanol–water partition coefficient (Wildman–Crippen LogP) is 4.64. The maximum atomic E-state index is 12.9. The number of nitrogens with zero attached hydrogens (tertiary/aromatic N) is 3. The molecule has 1 amide bonds. The van der Waals surface area contributed by atoms with Crippen molar-refractivity contribution in [2.45, 2.75) is 19.4 Å². The van der Waals surface area contributed by atoms with E-state index >= 15 is 0 Å². The molecule has 2 aliphatic rings. The molecule has 1 saturated heterocycles. The number of imidazole rings is 1. The molecule has 0 atom stereocenters. The second-order valence-electron chi connectivity index (χ2n) is 8.44. The highest BCUT2D eigenvalue weighted by atomic mass is 32.1. The molecule has 0 aliphatic carbocycles. The van der Waals surface area contributed by atoms with Crippen LogP contribution in [0.5, 0.6) is 11.5 Å². The molecule has 8 heteroatoms. The SMILES string of the molecule is O=C(Nc1ccc2c(c1)OCO2)C1CCN(Cc2c(-c3ccccc3)nc3sccn23)CC1. The van der Waals surface area contributed by atoms with E-state index in [4.69, 9.17) is 14.5 Å². The van der Waals surface area contributed by atoms with Crippen LogP contribution in [0.4, 0.5) is 5.69 Å². The number of ether oxygens (including phenoxy) is 2. The van der Waals surface area contributed by atoms with Gasteiger partial charge in [0.25, 0.3) is 0 Å². The minimum atomic E-state index is 0.00636. The summed E-state index contributed by atoms with van der Waals surface area (Å²) in [4.78, 5) is 21.2. The highest BCUT2D eigenvalue weighted by Crippen LogP contribution is 2.35. The van der Waals surface area contributed by atoms with Gasteiger partial charge in [0.15, 0.2) is 16.5 Å². The largest absolute Gasteiger partial charge is 0.454 e. The van der Waals surface area contributed by atoms with E-state index in [1.54, 1.807) is 11.3 Å². The van der Waals surface area contributed by atoms with Crippen LogP contribution < -0.4 is 14.8 Å². The number of carbonyl (C=O) groups is 1. The van der Waals surface area contributed by atoms with Crippen molar-refractivity contribution in [3.8, 4) is 22.8 Å². The fourth-order valence-electron chi connectivity index (χ4n) is 4.59. The van der Waals surface area contributed by atoms with Gasteiger partial charge in [0.1, 0.15) is 0 Å². The summed E-state index contributed by atoms with van der Waals surface area (Å²) in [7, 11) is 0. The summed E-state index contributed by atoms with van der Waals surface area (Å²) in [6.07, 6.45) is 3.77. The lowest BCUT2D eigenvalue weighted by Gasteiger charge is -2.31. The molecule has 2 aromatic heterocycles. The zero-order chi connectivity index (χ0) is 22.2. The number of fused-ring (bicyclic) bond motifs is 2. The van der Waals surface area contributed by atoms with Crippen molar-refractivity contribution in [1.82, 2.24) is 14.3 Å². The maximum absolute atomic E-state index is 12.9. The monoisotopic (exact) mass is 460 g/mol. The number of carbonyl (C=O) groups excluding carboxylic acids is 1. The van der Waals surface area contributed by atoms with Gasteiger partial charge in [-0.1, -0.05) is 30.3 Å². The summed E-state index contributed by atoms with van der Waals surface area (Å²) in [6, 6.07) is 15.9. The van der Waals surface area contributed by atoms with Crippen LogP contribution in [0.2, 0.25) is 0 Å². The van der Waals surface area contributed by atoms with Crippen LogP contribution in [0.3, 0.4) is 0 Å². The molecule has 6 rings (SSSR count). The molecule has 0 spiro atoms. The van der Waals surface area contributed by atoms with Gasteiger partial charge in [0.2, 0.25) is 12.7 Å². The van der Waals surface area contributed by atoms with Gasteiger partial charge < -0.3 is 14.8 Å². The maximum Gasteiger partial charge on any atom is 0.231 e. The molecule has 1 fully saturated rings. The first-order valence-corrected chi connectivity index (χ1v) is 12.1. The Morgan fingerprint density at radius 1 is 1.09 bits per heavy atom. The summed E-state index contributed by atoms with van der Waals surface area (Å²) >= 11 is 1.66. The lowest BCUT2D eigenvalue weighted by molar-refractivity contribution is -0.121. The van der Waals surface area contributed by atoms with Crippen molar-refractivity contribution < 1.29 is 14.3 Å². The Hall–Kier alpha value is -3.36. The van der Waals surface area contributed by atoms with Crippen molar-refractivity contribution in [2.24, 2.45) is 5.92 Å². The van der Waals surface area contributed by atoms with Crippen LogP contribution in [-0.4, -0.2) is 40.1 Å². The van der Waals surface area contributed by atoms with Crippen molar-refractivity contribution in [3.63, 3.8) is 0 Å². The molecular formula is C25H24N4O3S. The van der Waals surface area contributed by atoms with E-state index < -0.39 is 0 Å². The molecule has 168 valence electrons. The number of anilines is 1. The number of nitrogens with one attached hydrogen (secondary N) is 1. The third kappa shape index (κ3) is 3.96. The molecule has 0 bridgehead atoms. The molecule has 2 aromatic carbocycles. The minimum absolute atomic E-state index is 0.00636. The minimum Gasteiger partial charge on any atom is -0.454 e. The molecule has 0 radical (unpaired) electrons. The summed E-state index contributed by atoms with van der Waals surface area (Å²) in [5.74, 6) is 1.48. The molecule has 4 heterocycles. The normalized spacial score (nSPS) is 16.4. The fourth-order valence-corrected chi connectivity index (χ4v) is 5.33. The van der Waals surface area contributed by atoms with Crippen molar-refractivity contribution in [3.05, 3.63) is 65.8 Å². The van der Waals surface area contributed by atoms with Gasteiger partial charge in [-0.15, -0.1) is 11.3 Å². The lowest BCUT2D eigenvalue weighted by Crippen LogP contribution is -2.38. The van der Waals surface area contributed by atoms with E-state index in [2.05, 4.69) is 50.5 Å². The summed E-state index contributed by atoms with van der Waals surface area (Å²) in [6.45, 7) is 2.81. The molecule has 2 aliphatic heterocycles. The van der Waals surface area contributed by atoms with E-state index in [0.29, 0.717) is 5.75 Å². The second kappa shape index (κ2) is 8.53. The molecular weight excluding hydrogens is 436 g/mol. The first-order chi connectivity index (χ1) is 16.2. The Balaban J connectivity index is 1.12. The zero-order valence-corrected chi connectivity index (χ0v) is 18.9. The number of benzene rings is 2. The van der Waals surface area contributed by atoms with Gasteiger partial charge in [0, 0.05) is 41.4 Å².